The van der Waals surface area contributed by atoms with E-state index in [9.17, 15) is 0 Å². The molecule has 10 heavy (non-hydrogen) atoms. The molecule has 1 aromatic rings. The first-order valence-electron chi connectivity index (χ1n) is 3.13. The Labute approximate surface area is 69.2 Å². The van der Waals surface area contributed by atoms with Crippen molar-refractivity contribution in [3.05, 3.63) is 35.9 Å². The van der Waals surface area contributed by atoms with Crippen LogP contribution in [-0.4, -0.2) is 21.5 Å². The molecule has 0 aliphatic heterocycles. The van der Waals surface area contributed by atoms with Crippen LogP contribution in [0.25, 0.3) is 0 Å². The summed E-state index contributed by atoms with van der Waals surface area (Å²) in [6.07, 6.45) is 0. The summed E-state index contributed by atoms with van der Waals surface area (Å²) in [6, 6.07) is 10.1. The second-order valence-electron chi connectivity index (χ2n) is 1.95. The van der Waals surface area contributed by atoms with E-state index in [1.165, 1.54) is 5.56 Å². The first kappa shape index (κ1) is 7.80. The normalized spacial score (nSPS) is 9.70. The monoisotopic (exact) mass is 201 g/mol. The summed E-state index contributed by atoms with van der Waals surface area (Å²) in [7, 11) is 0. The molecule has 0 aromatic heterocycles. The molecule has 2 heteroatoms. The molecule has 0 saturated heterocycles. The summed E-state index contributed by atoms with van der Waals surface area (Å²) < 4.78 is 5.16. The topological polar surface area (TPSA) is 9.23 Å². The van der Waals surface area contributed by atoms with Gasteiger partial charge in [0.1, 0.15) is 0 Å². The Bertz CT molecular complexity index is 174. The fraction of sp³-hybridized carbons (Fsp3) is 0.250. The van der Waals surface area contributed by atoms with Gasteiger partial charge in [-0.2, -0.15) is 0 Å². The van der Waals surface area contributed by atoms with Crippen LogP contribution >= 0.6 is 0 Å². The Morgan fingerprint density at radius 1 is 1.20 bits per heavy atom. The van der Waals surface area contributed by atoms with Crippen LogP contribution in [0.2, 0.25) is 0 Å². The summed E-state index contributed by atoms with van der Waals surface area (Å²) in [5, 5.41) is 0. The van der Waals surface area contributed by atoms with E-state index in [4.69, 9.17) is 4.74 Å². The first-order valence-corrected chi connectivity index (χ1v) is 4.34. The average Bonchev–Trinajstić information content (AvgIpc) is 2.03. The van der Waals surface area contributed by atoms with Crippen LogP contribution in [-0.2, 0) is 11.3 Å². The fourth-order valence-electron chi connectivity index (χ4n) is 0.734. The van der Waals surface area contributed by atoms with E-state index in [0.29, 0.717) is 12.1 Å². The van der Waals surface area contributed by atoms with Crippen LogP contribution in [0.5, 0.6) is 0 Å². The summed E-state index contributed by atoms with van der Waals surface area (Å²) in [4.78, 5) is 0. The molecule has 0 aliphatic carbocycles. The zero-order valence-corrected chi connectivity index (χ0v) is 7.33. The van der Waals surface area contributed by atoms with Crippen molar-refractivity contribution in [2.45, 2.75) is 6.61 Å². The van der Waals surface area contributed by atoms with Crippen molar-refractivity contribution in [1.29, 1.82) is 0 Å². The van der Waals surface area contributed by atoms with Gasteiger partial charge < -0.3 is 0 Å². The van der Waals surface area contributed by atoms with E-state index in [2.05, 4.69) is 28.1 Å². The Morgan fingerprint density at radius 2 is 1.90 bits per heavy atom. The second kappa shape index (κ2) is 4.50. The molecule has 0 fully saturated rings. The quantitative estimate of drug-likeness (QED) is 0.669. The van der Waals surface area contributed by atoms with Gasteiger partial charge in [0, 0.05) is 0 Å². The fourth-order valence-corrected chi connectivity index (χ4v) is 0.909. The molecule has 1 aromatic carbocycles. The molecule has 1 radical (unpaired) electrons. The molecule has 0 unspecified atom stereocenters. The summed E-state index contributed by atoms with van der Waals surface area (Å²) in [5.74, 6) is 0. The minimum absolute atomic E-state index is 0.662. The minimum atomic E-state index is 0.662. The zero-order valence-electron chi connectivity index (χ0n) is 5.62. The number of hydrogen-bond acceptors (Lipinski definition) is 1. The molecule has 0 spiro atoms. The Balaban J connectivity index is 2.43. The van der Waals surface area contributed by atoms with E-state index in [0.717, 1.165) is 0 Å². The van der Waals surface area contributed by atoms with Gasteiger partial charge in [-0.1, -0.05) is 0 Å². The van der Waals surface area contributed by atoms with Gasteiger partial charge in [0.05, 0.1) is 0 Å². The summed E-state index contributed by atoms with van der Waals surface area (Å²) in [5.41, 5.74) is 1.88. The van der Waals surface area contributed by atoms with Crippen LogP contribution in [0.15, 0.2) is 30.3 Å². The number of rotatable bonds is 3. The van der Waals surface area contributed by atoms with Crippen LogP contribution in [0.3, 0.4) is 0 Å². The van der Waals surface area contributed by atoms with Crippen LogP contribution in [0.1, 0.15) is 5.56 Å². The van der Waals surface area contributed by atoms with Crippen molar-refractivity contribution in [1.82, 2.24) is 0 Å². The number of hydrogen-bond donors (Lipinski definition) is 0. The molecular weight excluding hydrogens is 191 g/mol. The summed E-state index contributed by atoms with van der Waals surface area (Å²) in [6.45, 7) is 0.702. The van der Waals surface area contributed by atoms with Crippen LogP contribution in [0, 0.1) is 0 Å². The Kier molecular flexibility index (Phi) is 3.52. The van der Waals surface area contributed by atoms with Gasteiger partial charge in [-0.3, -0.25) is 0 Å². The van der Waals surface area contributed by atoms with Crippen molar-refractivity contribution < 1.29 is 4.74 Å². The van der Waals surface area contributed by atoms with Gasteiger partial charge in [0.2, 0.25) is 0 Å². The van der Waals surface area contributed by atoms with Crippen molar-refractivity contribution in [2.24, 2.45) is 0 Å². The molecule has 0 saturated carbocycles. The maximum absolute atomic E-state index is 5.16. The van der Waals surface area contributed by atoms with Crippen molar-refractivity contribution in [3.63, 3.8) is 0 Å². The van der Waals surface area contributed by atoms with Gasteiger partial charge in [-0.25, -0.2) is 0 Å². The van der Waals surface area contributed by atoms with Gasteiger partial charge in [0.15, 0.2) is 0 Å². The molecule has 0 bridgehead atoms. The van der Waals surface area contributed by atoms with E-state index in [-0.39, 0.29) is 0 Å². The third kappa shape index (κ3) is 2.52. The molecular formula is C8H9OSe. The second-order valence-corrected chi connectivity index (χ2v) is 2.45. The third-order valence-corrected chi connectivity index (χ3v) is 1.54. The number of ether oxygens (including phenoxy) is 1. The SMILES string of the molecule is [Se]COCc1ccccc1. The van der Waals surface area contributed by atoms with Crippen molar-refractivity contribution in [3.8, 4) is 0 Å². The predicted molar refractivity (Wildman–Crippen MR) is 41.9 cm³/mol. The van der Waals surface area contributed by atoms with Gasteiger partial charge in [0.25, 0.3) is 0 Å². The standard InChI is InChI=1S/C8H9OSe/c10-7-9-6-8-4-2-1-3-5-8/h1-5H,6-7H2. The van der Waals surface area contributed by atoms with Gasteiger partial charge >= 0.3 is 68.8 Å². The van der Waals surface area contributed by atoms with Crippen molar-refractivity contribution in [2.75, 3.05) is 5.51 Å². The molecule has 53 valence electrons. The predicted octanol–water partition coefficient (Wildman–Crippen LogP) is 1.33. The van der Waals surface area contributed by atoms with E-state index in [1.807, 2.05) is 18.2 Å². The van der Waals surface area contributed by atoms with Gasteiger partial charge in [-0.05, 0) is 0 Å². The van der Waals surface area contributed by atoms with E-state index >= 15 is 0 Å². The van der Waals surface area contributed by atoms with Crippen LogP contribution in [0.4, 0.5) is 0 Å². The molecule has 0 aliphatic rings. The molecule has 0 atom stereocenters. The maximum atomic E-state index is 5.16. The van der Waals surface area contributed by atoms with Gasteiger partial charge in [-0.15, -0.1) is 0 Å². The third-order valence-electron chi connectivity index (χ3n) is 1.19. The molecule has 0 heterocycles. The molecule has 1 nitrogen and oxygen atoms in total. The number of benzene rings is 1. The first-order chi connectivity index (χ1) is 4.93. The van der Waals surface area contributed by atoms with Crippen molar-refractivity contribution >= 4 is 16.0 Å². The average molecular weight is 200 g/mol. The van der Waals surface area contributed by atoms with E-state index in [1.54, 1.807) is 0 Å². The molecule has 0 amide bonds. The molecule has 1 rings (SSSR count). The zero-order chi connectivity index (χ0) is 7.23. The summed E-state index contributed by atoms with van der Waals surface area (Å²) >= 11 is 2.79. The Hall–Kier alpha value is -0.301. The van der Waals surface area contributed by atoms with Crippen LogP contribution < -0.4 is 0 Å². The van der Waals surface area contributed by atoms with E-state index < -0.39 is 0 Å². The molecule has 0 N–H and O–H groups in total. The Morgan fingerprint density at radius 3 is 2.50 bits per heavy atom.